The topological polar surface area (TPSA) is 50.4 Å². The molecule has 0 bridgehead atoms. The summed E-state index contributed by atoms with van der Waals surface area (Å²) in [6.07, 6.45) is 1.22. The number of rotatable bonds is 8. The molecule has 0 aliphatic rings. The summed E-state index contributed by atoms with van der Waals surface area (Å²) in [4.78, 5) is 11.9. The molecule has 0 aliphatic heterocycles. The Morgan fingerprint density at radius 1 is 1.08 bits per heavy atom. The summed E-state index contributed by atoms with van der Waals surface area (Å²) in [5, 5.41) is 6.86. The fraction of sp³-hybridized carbons (Fsp3) is 0.278. The number of halogens is 2. The van der Waals surface area contributed by atoms with Gasteiger partial charge in [0.2, 0.25) is 5.91 Å². The van der Waals surface area contributed by atoms with Crippen LogP contribution in [-0.4, -0.2) is 26.1 Å². The summed E-state index contributed by atoms with van der Waals surface area (Å²) < 4.78 is 5.19. The van der Waals surface area contributed by atoms with E-state index in [0.717, 1.165) is 18.7 Å². The maximum atomic E-state index is 11.9. The second-order valence-corrected chi connectivity index (χ2v) is 6.06. The first-order valence-corrected chi connectivity index (χ1v) is 8.43. The summed E-state index contributed by atoms with van der Waals surface area (Å²) in [5.41, 5.74) is 1.65. The number of amides is 1. The van der Waals surface area contributed by atoms with Gasteiger partial charge in [-0.2, -0.15) is 0 Å². The standard InChI is InChI=1S/C18H20Cl2N2O2/c1-24-14-5-2-4-13(12-14)8-10-21-11-9-17(23)22-18-15(19)6-3-7-16(18)20/h2-7,12,21H,8-11H2,1H3,(H,22,23). The Labute approximate surface area is 152 Å². The van der Waals surface area contributed by atoms with E-state index in [1.165, 1.54) is 5.56 Å². The van der Waals surface area contributed by atoms with Crippen LogP contribution >= 0.6 is 23.2 Å². The molecular formula is C18H20Cl2N2O2. The fourth-order valence-corrected chi connectivity index (χ4v) is 2.70. The second-order valence-electron chi connectivity index (χ2n) is 5.25. The lowest BCUT2D eigenvalue weighted by Crippen LogP contribution is -2.23. The molecule has 1 amide bonds. The van der Waals surface area contributed by atoms with Crippen molar-refractivity contribution in [2.75, 3.05) is 25.5 Å². The molecule has 2 N–H and O–H groups in total. The zero-order valence-corrected chi connectivity index (χ0v) is 15.0. The van der Waals surface area contributed by atoms with Gasteiger partial charge in [-0.3, -0.25) is 4.79 Å². The maximum absolute atomic E-state index is 11.9. The molecule has 0 aromatic heterocycles. The highest BCUT2D eigenvalue weighted by Crippen LogP contribution is 2.29. The van der Waals surface area contributed by atoms with Gasteiger partial charge in [-0.1, -0.05) is 41.4 Å². The molecule has 0 fully saturated rings. The van der Waals surface area contributed by atoms with Crippen molar-refractivity contribution in [2.24, 2.45) is 0 Å². The van der Waals surface area contributed by atoms with Crippen molar-refractivity contribution in [3.8, 4) is 5.75 Å². The summed E-state index contributed by atoms with van der Waals surface area (Å²) in [5.74, 6) is 0.724. The van der Waals surface area contributed by atoms with Crippen molar-refractivity contribution in [1.29, 1.82) is 0 Å². The van der Waals surface area contributed by atoms with Crippen molar-refractivity contribution in [3.63, 3.8) is 0 Å². The zero-order valence-electron chi connectivity index (χ0n) is 13.4. The van der Waals surface area contributed by atoms with Crippen molar-refractivity contribution < 1.29 is 9.53 Å². The van der Waals surface area contributed by atoms with Crippen LogP contribution in [0.15, 0.2) is 42.5 Å². The summed E-state index contributed by atoms with van der Waals surface area (Å²) in [6, 6.07) is 13.1. The predicted molar refractivity (Wildman–Crippen MR) is 99.3 cm³/mol. The van der Waals surface area contributed by atoms with Gasteiger partial charge in [0.1, 0.15) is 5.75 Å². The van der Waals surface area contributed by atoms with Crippen LogP contribution in [-0.2, 0) is 11.2 Å². The Balaban J connectivity index is 1.69. The summed E-state index contributed by atoms with van der Waals surface area (Å²) >= 11 is 12.0. The number of methoxy groups -OCH3 is 1. The minimum atomic E-state index is -0.126. The molecule has 0 saturated heterocycles. The highest BCUT2D eigenvalue weighted by molar-refractivity contribution is 6.39. The monoisotopic (exact) mass is 366 g/mol. The van der Waals surface area contributed by atoms with Crippen LogP contribution in [0, 0.1) is 0 Å². The molecule has 0 atom stereocenters. The van der Waals surface area contributed by atoms with Crippen LogP contribution in [0.2, 0.25) is 10.0 Å². The van der Waals surface area contributed by atoms with E-state index < -0.39 is 0 Å². The van der Waals surface area contributed by atoms with Gasteiger partial charge in [-0.15, -0.1) is 0 Å². The van der Waals surface area contributed by atoms with E-state index in [2.05, 4.69) is 16.7 Å². The number of para-hydroxylation sites is 1. The van der Waals surface area contributed by atoms with Gasteiger partial charge in [-0.05, 0) is 42.8 Å². The molecule has 4 nitrogen and oxygen atoms in total. The molecule has 0 unspecified atom stereocenters. The first-order valence-electron chi connectivity index (χ1n) is 7.67. The Kier molecular flexibility index (Phi) is 7.37. The number of ether oxygens (including phenoxy) is 1. The van der Waals surface area contributed by atoms with E-state index in [1.54, 1.807) is 25.3 Å². The molecule has 0 saturated carbocycles. The van der Waals surface area contributed by atoms with E-state index in [1.807, 2.05) is 18.2 Å². The van der Waals surface area contributed by atoms with Crippen LogP contribution in [0.1, 0.15) is 12.0 Å². The molecule has 0 heterocycles. The fourth-order valence-electron chi connectivity index (χ4n) is 2.21. The number of nitrogens with one attached hydrogen (secondary N) is 2. The van der Waals surface area contributed by atoms with Gasteiger partial charge in [0.15, 0.2) is 0 Å². The molecular weight excluding hydrogens is 347 g/mol. The van der Waals surface area contributed by atoms with Crippen LogP contribution < -0.4 is 15.4 Å². The van der Waals surface area contributed by atoms with Crippen molar-refractivity contribution in [3.05, 3.63) is 58.1 Å². The molecule has 24 heavy (non-hydrogen) atoms. The van der Waals surface area contributed by atoms with Gasteiger partial charge in [0.25, 0.3) is 0 Å². The number of anilines is 1. The third kappa shape index (κ3) is 5.71. The Hall–Kier alpha value is -1.75. The van der Waals surface area contributed by atoms with E-state index >= 15 is 0 Å². The van der Waals surface area contributed by atoms with E-state index in [4.69, 9.17) is 27.9 Å². The minimum Gasteiger partial charge on any atom is -0.497 e. The molecule has 6 heteroatoms. The Morgan fingerprint density at radius 2 is 1.79 bits per heavy atom. The Morgan fingerprint density at radius 3 is 2.50 bits per heavy atom. The predicted octanol–water partition coefficient (Wildman–Crippen LogP) is 4.16. The van der Waals surface area contributed by atoms with Crippen LogP contribution in [0.5, 0.6) is 5.75 Å². The largest absolute Gasteiger partial charge is 0.497 e. The second kappa shape index (κ2) is 9.52. The molecule has 2 aromatic carbocycles. The number of carbonyl (C=O) groups excluding carboxylic acids is 1. The third-order valence-electron chi connectivity index (χ3n) is 3.48. The smallest absolute Gasteiger partial charge is 0.225 e. The minimum absolute atomic E-state index is 0.126. The molecule has 0 aliphatic carbocycles. The van der Waals surface area contributed by atoms with Gasteiger partial charge in [0.05, 0.1) is 22.8 Å². The molecule has 2 aromatic rings. The highest BCUT2D eigenvalue weighted by Gasteiger charge is 2.09. The molecule has 0 radical (unpaired) electrons. The lowest BCUT2D eigenvalue weighted by molar-refractivity contribution is -0.116. The first kappa shape index (κ1) is 18.6. The van der Waals surface area contributed by atoms with Gasteiger partial charge >= 0.3 is 0 Å². The zero-order chi connectivity index (χ0) is 17.4. The Bertz CT molecular complexity index is 672. The molecule has 2 rings (SSSR count). The van der Waals surface area contributed by atoms with Gasteiger partial charge < -0.3 is 15.4 Å². The number of benzene rings is 2. The van der Waals surface area contributed by atoms with E-state index in [-0.39, 0.29) is 5.91 Å². The van der Waals surface area contributed by atoms with E-state index in [9.17, 15) is 4.79 Å². The van der Waals surface area contributed by atoms with Crippen LogP contribution in [0.4, 0.5) is 5.69 Å². The summed E-state index contributed by atoms with van der Waals surface area (Å²) in [7, 11) is 1.65. The number of hydrogen-bond donors (Lipinski definition) is 2. The van der Waals surface area contributed by atoms with Crippen molar-refractivity contribution in [1.82, 2.24) is 5.32 Å². The van der Waals surface area contributed by atoms with Gasteiger partial charge in [-0.25, -0.2) is 0 Å². The van der Waals surface area contributed by atoms with Gasteiger partial charge in [0, 0.05) is 13.0 Å². The molecule has 128 valence electrons. The lowest BCUT2D eigenvalue weighted by atomic mass is 10.1. The molecule has 0 spiro atoms. The SMILES string of the molecule is COc1cccc(CCNCCC(=O)Nc2c(Cl)cccc2Cl)c1. The van der Waals surface area contributed by atoms with Crippen molar-refractivity contribution >= 4 is 34.8 Å². The first-order chi connectivity index (χ1) is 11.6. The average Bonchev–Trinajstić information content (AvgIpc) is 2.58. The van der Waals surface area contributed by atoms with E-state index in [0.29, 0.717) is 28.7 Å². The quantitative estimate of drug-likeness (QED) is 0.689. The normalized spacial score (nSPS) is 10.5. The van der Waals surface area contributed by atoms with Crippen molar-refractivity contribution in [2.45, 2.75) is 12.8 Å². The third-order valence-corrected chi connectivity index (χ3v) is 4.11. The van der Waals surface area contributed by atoms with Crippen LogP contribution in [0.25, 0.3) is 0 Å². The van der Waals surface area contributed by atoms with Crippen LogP contribution in [0.3, 0.4) is 0 Å². The number of carbonyl (C=O) groups is 1. The highest BCUT2D eigenvalue weighted by atomic mass is 35.5. The average molecular weight is 367 g/mol. The summed E-state index contributed by atoms with van der Waals surface area (Å²) in [6.45, 7) is 1.37. The number of hydrogen-bond acceptors (Lipinski definition) is 3. The lowest BCUT2D eigenvalue weighted by Gasteiger charge is -2.10. The maximum Gasteiger partial charge on any atom is 0.225 e.